The fourth-order valence-electron chi connectivity index (χ4n) is 2.44. The van der Waals surface area contributed by atoms with Crippen molar-refractivity contribution in [3.8, 4) is 0 Å². The van der Waals surface area contributed by atoms with Crippen molar-refractivity contribution >= 4 is 16.7 Å². The molecule has 3 aromatic rings. The SMILES string of the molecule is COC(=O)C(NCc1nc(C)no1)c1ccc2ccccc2c1. The fraction of sp³-hybridized carbons (Fsp3) is 0.235. The summed E-state index contributed by atoms with van der Waals surface area (Å²) in [6.07, 6.45) is 0. The number of hydrogen-bond donors (Lipinski definition) is 1. The van der Waals surface area contributed by atoms with Crippen LogP contribution in [0.4, 0.5) is 0 Å². The van der Waals surface area contributed by atoms with Crippen LogP contribution in [-0.4, -0.2) is 23.2 Å². The van der Waals surface area contributed by atoms with Crippen molar-refractivity contribution in [1.82, 2.24) is 15.5 Å². The van der Waals surface area contributed by atoms with Crippen LogP contribution in [0.15, 0.2) is 47.0 Å². The molecule has 1 heterocycles. The van der Waals surface area contributed by atoms with Gasteiger partial charge in [0, 0.05) is 0 Å². The van der Waals surface area contributed by atoms with Crippen LogP contribution in [0.3, 0.4) is 0 Å². The van der Waals surface area contributed by atoms with Crippen molar-refractivity contribution in [3.05, 3.63) is 59.7 Å². The number of methoxy groups -OCH3 is 1. The van der Waals surface area contributed by atoms with Gasteiger partial charge in [-0.15, -0.1) is 0 Å². The minimum Gasteiger partial charge on any atom is -0.468 e. The summed E-state index contributed by atoms with van der Waals surface area (Å²) in [5, 5.41) is 9.02. The van der Waals surface area contributed by atoms with E-state index in [9.17, 15) is 4.79 Å². The molecule has 0 radical (unpaired) electrons. The van der Waals surface area contributed by atoms with Crippen LogP contribution < -0.4 is 5.32 Å². The van der Waals surface area contributed by atoms with Crippen LogP contribution in [-0.2, 0) is 16.1 Å². The van der Waals surface area contributed by atoms with E-state index in [0.29, 0.717) is 11.7 Å². The number of hydrogen-bond acceptors (Lipinski definition) is 6. The standard InChI is InChI=1S/C17H17N3O3/c1-11-19-15(23-20-11)10-18-16(17(21)22-2)14-8-7-12-5-3-4-6-13(12)9-14/h3-9,16,18H,10H2,1-2H3. The number of aryl methyl sites for hydroxylation is 1. The second kappa shape index (κ2) is 6.58. The summed E-state index contributed by atoms with van der Waals surface area (Å²) in [4.78, 5) is 16.2. The number of carbonyl (C=O) groups is 1. The third kappa shape index (κ3) is 3.37. The zero-order valence-corrected chi connectivity index (χ0v) is 12.9. The topological polar surface area (TPSA) is 77.2 Å². The molecule has 118 valence electrons. The van der Waals surface area contributed by atoms with Gasteiger partial charge >= 0.3 is 5.97 Å². The molecule has 1 atom stereocenters. The van der Waals surface area contributed by atoms with E-state index in [1.54, 1.807) is 6.92 Å². The maximum atomic E-state index is 12.1. The van der Waals surface area contributed by atoms with E-state index in [0.717, 1.165) is 16.3 Å². The van der Waals surface area contributed by atoms with Crippen LogP contribution in [0.5, 0.6) is 0 Å². The Hall–Kier alpha value is -2.73. The Bertz CT molecular complexity index is 829. The Labute approximate surface area is 133 Å². The van der Waals surface area contributed by atoms with Gasteiger partial charge in [0.25, 0.3) is 0 Å². The Morgan fingerprint density at radius 2 is 2.04 bits per heavy atom. The molecule has 6 nitrogen and oxygen atoms in total. The average molecular weight is 311 g/mol. The van der Waals surface area contributed by atoms with Crippen LogP contribution in [0.25, 0.3) is 10.8 Å². The first kappa shape index (κ1) is 15.2. The molecule has 0 amide bonds. The zero-order chi connectivity index (χ0) is 16.2. The van der Waals surface area contributed by atoms with E-state index in [-0.39, 0.29) is 12.5 Å². The fourth-order valence-corrected chi connectivity index (χ4v) is 2.44. The molecule has 2 aromatic carbocycles. The van der Waals surface area contributed by atoms with Crippen molar-refractivity contribution in [3.63, 3.8) is 0 Å². The lowest BCUT2D eigenvalue weighted by Crippen LogP contribution is -2.29. The number of nitrogens with zero attached hydrogens (tertiary/aromatic N) is 2. The Balaban J connectivity index is 1.86. The maximum Gasteiger partial charge on any atom is 0.327 e. The highest BCUT2D eigenvalue weighted by molar-refractivity contribution is 5.85. The quantitative estimate of drug-likeness (QED) is 0.730. The number of ether oxygens (including phenoxy) is 1. The van der Waals surface area contributed by atoms with Crippen LogP contribution in [0.2, 0.25) is 0 Å². The minimum absolute atomic E-state index is 0.285. The van der Waals surface area contributed by atoms with E-state index in [1.807, 2.05) is 42.5 Å². The number of rotatable bonds is 5. The first-order chi connectivity index (χ1) is 11.2. The number of esters is 1. The molecule has 6 heteroatoms. The molecular formula is C17H17N3O3. The minimum atomic E-state index is -0.600. The number of nitrogens with one attached hydrogen (secondary N) is 1. The Morgan fingerprint density at radius 1 is 1.26 bits per heavy atom. The highest BCUT2D eigenvalue weighted by Gasteiger charge is 2.22. The molecule has 0 saturated heterocycles. The zero-order valence-electron chi connectivity index (χ0n) is 12.9. The van der Waals surface area contributed by atoms with Crippen molar-refractivity contribution in [2.75, 3.05) is 7.11 Å². The van der Waals surface area contributed by atoms with Crippen molar-refractivity contribution in [2.24, 2.45) is 0 Å². The summed E-state index contributed by atoms with van der Waals surface area (Å²) in [6, 6.07) is 13.3. The predicted octanol–water partition coefficient (Wildman–Crippen LogP) is 2.54. The average Bonchev–Trinajstić information content (AvgIpc) is 3.00. The molecule has 23 heavy (non-hydrogen) atoms. The van der Waals surface area contributed by atoms with E-state index < -0.39 is 6.04 Å². The summed E-state index contributed by atoms with van der Waals surface area (Å²) in [7, 11) is 1.37. The molecular weight excluding hydrogens is 294 g/mol. The first-order valence-electron chi connectivity index (χ1n) is 7.26. The van der Waals surface area contributed by atoms with Crippen LogP contribution in [0.1, 0.15) is 23.3 Å². The van der Waals surface area contributed by atoms with Gasteiger partial charge in [0.1, 0.15) is 6.04 Å². The van der Waals surface area contributed by atoms with Gasteiger partial charge in [-0.3, -0.25) is 5.32 Å². The number of benzene rings is 2. The third-order valence-electron chi connectivity index (χ3n) is 3.57. The molecule has 0 spiro atoms. The van der Waals surface area contributed by atoms with E-state index in [2.05, 4.69) is 15.5 Å². The summed E-state index contributed by atoms with van der Waals surface area (Å²) in [5.74, 6) is 0.621. The Morgan fingerprint density at radius 3 is 2.74 bits per heavy atom. The lowest BCUT2D eigenvalue weighted by Gasteiger charge is -2.16. The highest BCUT2D eigenvalue weighted by Crippen LogP contribution is 2.21. The monoisotopic (exact) mass is 311 g/mol. The molecule has 0 bridgehead atoms. The molecule has 0 aliphatic rings. The van der Waals surface area contributed by atoms with Gasteiger partial charge in [0.2, 0.25) is 5.89 Å². The van der Waals surface area contributed by atoms with Crippen molar-refractivity contribution < 1.29 is 14.1 Å². The molecule has 0 aliphatic heterocycles. The van der Waals surface area contributed by atoms with Gasteiger partial charge in [-0.1, -0.05) is 41.6 Å². The predicted molar refractivity (Wildman–Crippen MR) is 84.6 cm³/mol. The van der Waals surface area contributed by atoms with Crippen molar-refractivity contribution in [1.29, 1.82) is 0 Å². The number of fused-ring (bicyclic) bond motifs is 1. The molecule has 3 rings (SSSR count). The number of aromatic nitrogens is 2. The Kier molecular flexibility index (Phi) is 4.34. The van der Waals surface area contributed by atoms with Crippen LogP contribution >= 0.6 is 0 Å². The lowest BCUT2D eigenvalue weighted by molar-refractivity contribution is -0.143. The molecule has 1 aromatic heterocycles. The molecule has 1 unspecified atom stereocenters. The summed E-state index contributed by atoms with van der Waals surface area (Å²) in [6.45, 7) is 2.03. The largest absolute Gasteiger partial charge is 0.468 e. The summed E-state index contributed by atoms with van der Waals surface area (Å²) >= 11 is 0. The molecule has 0 saturated carbocycles. The van der Waals surface area contributed by atoms with Gasteiger partial charge in [0.05, 0.1) is 13.7 Å². The molecule has 0 aliphatic carbocycles. The van der Waals surface area contributed by atoms with E-state index in [4.69, 9.17) is 9.26 Å². The maximum absolute atomic E-state index is 12.1. The van der Waals surface area contributed by atoms with E-state index >= 15 is 0 Å². The van der Waals surface area contributed by atoms with Crippen LogP contribution in [0, 0.1) is 6.92 Å². The third-order valence-corrected chi connectivity index (χ3v) is 3.57. The van der Waals surface area contributed by atoms with Gasteiger partial charge in [-0.2, -0.15) is 4.98 Å². The summed E-state index contributed by atoms with van der Waals surface area (Å²) < 4.78 is 9.96. The molecule has 1 N–H and O–H groups in total. The lowest BCUT2D eigenvalue weighted by atomic mass is 10.0. The van der Waals surface area contributed by atoms with E-state index in [1.165, 1.54) is 7.11 Å². The van der Waals surface area contributed by atoms with Gasteiger partial charge < -0.3 is 9.26 Å². The second-order valence-electron chi connectivity index (χ2n) is 5.18. The second-order valence-corrected chi connectivity index (χ2v) is 5.18. The first-order valence-corrected chi connectivity index (χ1v) is 7.26. The van der Waals surface area contributed by atoms with Gasteiger partial charge in [-0.25, -0.2) is 4.79 Å². The number of carbonyl (C=O) groups excluding carboxylic acids is 1. The molecule has 0 fully saturated rings. The smallest absolute Gasteiger partial charge is 0.327 e. The van der Waals surface area contributed by atoms with Crippen molar-refractivity contribution in [2.45, 2.75) is 19.5 Å². The summed E-state index contributed by atoms with van der Waals surface area (Å²) in [5.41, 5.74) is 0.826. The van der Waals surface area contributed by atoms with Gasteiger partial charge in [-0.05, 0) is 29.3 Å². The highest BCUT2D eigenvalue weighted by atomic mass is 16.5. The normalized spacial score (nSPS) is 12.3. The van der Waals surface area contributed by atoms with Gasteiger partial charge in [0.15, 0.2) is 5.82 Å².